The molecular weight excluding hydrogens is 202 g/mol. The maximum atomic E-state index is 12.0. The summed E-state index contributed by atoms with van der Waals surface area (Å²) in [6.07, 6.45) is 0.724. The van der Waals surface area contributed by atoms with E-state index < -0.39 is 0 Å². The molecule has 1 amide bonds. The molecule has 0 unspecified atom stereocenters. The lowest BCUT2D eigenvalue weighted by Gasteiger charge is -2.29. The Balaban J connectivity index is 2.62. The van der Waals surface area contributed by atoms with Gasteiger partial charge in [0.15, 0.2) is 0 Å². The van der Waals surface area contributed by atoms with Crippen molar-refractivity contribution in [1.82, 2.24) is 5.06 Å². The largest absolute Gasteiger partial charge is 0.286 e. The van der Waals surface area contributed by atoms with E-state index >= 15 is 0 Å². The second kappa shape index (κ2) is 3.59. The van der Waals surface area contributed by atoms with Gasteiger partial charge in [-0.2, -0.15) is 0 Å². The summed E-state index contributed by atoms with van der Waals surface area (Å²) < 4.78 is 0. The molecule has 0 bridgehead atoms. The zero-order valence-electron chi connectivity index (χ0n) is 9.95. The number of carbonyl (C=O) groups excluding carboxylic acids is 1. The van der Waals surface area contributed by atoms with Crippen molar-refractivity contribution in [3.8, 4) is 0 Å². The predicted octanol–water partition coefficient (Wildman–Crippen LogP) is 2.37. The average Bonchev–Trinajstić information content (AvgIpc) is 2.21. The molecule has 1 heterocycles. The van der Waals surface area contributed by atoms with Crippen molar-refractivity contribution in [2.45, 2.75) is 32.6 Å². The molecule has 16 heavy (non-hydrogen) atoms. The summed E-state index contributed by atoms with van der Waals surface area (Å²) in [5.74, 6) is -0.272. The van der Waals surface area contributed by atoms with Gasteiger partial charge in [0.1, 0.15) is 0 Å². The van der Waals surface area contributed by atoms with E-state index in [1.165, 1.54) is 0 Å². The normalized spacial score (nSPS) is 16.2. The lowest BCUT2D eigenvalue weighted by atomic mass is 9.80. The highest BCUT2D eigenvalue weighted by atomic mass is 16.5. The number of carbonyl (C=O) groups is 1. The van der Waals surface area contributed by atoms with Gasteiger partial charge in [-0.25, -0.2) is 5.06 Å². The highest BCUT2D eigenvalue weighted by molar-refractivity contribution is 5.97. The highest BCUT2D eigenvalue weighted by Crippen LogP contribution is 2.30. The first-order chi connectivity index (χ1) is 7.41. The summed E-state index contributed by atoms with van der Waals surface area (Å²) in [6.45, 7) is 6.62. The molecule has 1 aromatic rings. The fraction of sp³-hybridized carbons (Fsp3) is 0.462. The molecule has 0 spiro atoms. The Morgan fingerprint density at radius 1 is 1.31 bits per heavy atom. The quantitative estimate of drug-likeness (QED) is 0.680. The van der Waals surface area contributed by atoms with Gasteiger partial charge in [-0.15, -0.1) is 0 Å². The number of hydroxylamine groups is 2. The van der Waals surface area contributed by atoms with E-state index in [1.54, 1.807) is 0 Å². The zero-order valence-corrected chi connectivity index (χ0v) is 9.95. The summed E-state index contributed by atoms with van der Waals surface area (Å²) in [6, 6.07) is 5.92. The number of hydrogen-bond acceptors (Lipinski definition) is 2. The van der Waals surface area contributed by atoms with E-state index in [2.05, 4.69) is 20.8 Å². The van der Waals surface area contributed by atoms with Gasteiger partial charge in [-0.05, 0) is 23.0 Å². The Bertz CT molecular complexity index is 432. The van der Waals surface area contributed by atoms with Crippen LogP contribution < -0.4 is 0 Å². The first kappa shape index (κ1) is 11.1. The molecule has 0 saturated heterocycles. The molecule has 0 radical (unpaired) electrons. The van der Waals surface area contributed by atoms with E-state index in [1.807, 2.05) is 18.2 Å². The summed E-state index contributed by atoms with van der Waals surface area (Å²) in [7, 11) is 0. The minimum absolute atomic E-state index is 0.0841. The lowest BCUT2D eigenvalue weighted by molar-refractivity contribution is -0.0603. The van der Waals surface area contributed by atoms with E-state index in [0.717, 1.165) is 22.6 Å². The van der Waals surface area contributed by atoms with Crippen LogP contribution in [0.5, 0.6) is 0 Å². The van der Waals surface area contributed by atoms with E-state index in [4.69, 9.17) is 0 Å². The SMILES string of the molecule is CC(C)(C)c1cccc2c1C(=O)N(O)CC2. The third-order valence-electron chi connectivity index (χ3n) is 3.00. The van der Waals surface area contributed by atoms with Crippen LogP contribution in [0, 0.1) is 0 Å². The number of amides is 1. The monoisotopic (exact) mass is 219 g/mol. The van der Waals surface area contributed by atoms with Crippen molar-refractivity contribution in [2.75, 3.05) is 6.54 Å². The highest BCUT2D eigenvalue weighted by Gasteiger charge is 2.29. The van der Waals surface area contributed by atoms with Gasteiger partial charge in [-0.3, -0.25) is 10.0 Å². The van der Waals surface area contributed by atoms with Gasteiger partial charge in [0.05, 0.1) is 6.54 Å². The van der Waals surface area contributed by atoms with Crippen molar-refractivity contribution in [3.63, 3.8) is 0 Å². The Labute approximate surface area is 95.6 Å². The minimum Gasteiger partial charge on any atom is -0.286 e. The molecule has 0 fully saturated rings. The van der Waals surface area contributed by atoms with Gasteiger partial charge >= 0.3 is 0 Å². The fourth-order valence-corrected chi connectivity index (χ4v) is 2.14. The van der Waals surface area contributed by atoms with Gasteiger partial charge in [-0.1, -0.05) is 39.0 Å². The number of fused-ring (bicyclic) bond motifs is 1. The predicted molar refractivity (Wildman–Crippen MR) is 61.7 cm³/mol. The van der Waals surface area contributed by atoms with E-state index in [0.29, 0.717) is 12.1 Å². The standard InChI is InChI=1S/C13H17NO2/c1-13(2,3)10-6-4-5-9-7-8-14(16)12(15)11(9)10/h4-6,16H,7-8H2,1-3H3. The van der Waals surface area contributed by atoms with Crippen LogP contribution >= 0.6 is 0 Å². The number of benzene rings is 1. The first-order valence-electron chi connectivity index (χ1n) is 5.54. The van der Waals surface area contributed by atoms with Crippen LogP contribution in [0.15, 0.2) is 18.2 Å². The number of hydrogen-bond donors (Lipinski definition) is 1. The van der Waals surface area contributed by atoms with Crippen molar-refractivity contribution < 1.29 is 10.0 Å². The molecule has 0 atom stereocenters. The molecule has 3 nitrogen and oxygen atoms in total. The molecule has 0 aromatic heterocycles. The summed E-state index contributed by atoms with van der Waals surface area (Å²) in [5, 5.41) is 10.3. The molecule has 0 saturated carbocycles. The van der Waals surface area contributed by atoms with Crippen LogP contribution in [0.4, 0.5) is 0 Å². The summed E-state index contributed by atoms with van der Waals surface area (Å²) >= 11 is 0. The molecule has 86 valence electrons. The van der Waals surface area contributed by atoms with Crippen molar-refractivity contribution in [1.29, 1.82) is 0 Å². The third kappa shape index (κ3) is 1.71. The van der Waals surface area contributed by atoms with Gasteiger partial charge in [0.25, 0.3) is 5.91 Å². The lowest BCUT2D eigenvalue weighted by Crippen LogP contribution is -2.36. The molecule has 2 rings (SSSR count). The van der Waals surface area contributed by atoms with Crippen LogP contribution in [0.1, 0.15) is 42.3 Å². The number of rotatable bonds is 0. The second-order valence-corrected chi connectivity index (χ2v) is 5.27. The summed E-state index contributed by atoms with van der Waals surface area (Å²) in [5.41, 5.74) is 2.65. The molecule has 1 aromatic carbocycles. The van der Waals surface area contributed by atoms with Crippen LogP contribution in [0.3, 0.4) is 0 Å². The maximum Gasteiger partial charge on any atom is 0.277 e. The Kier molecular flexibility index (Phi) is 2.50. The first-order valence-corrected chi connectivity index (χ1v) is 5.54. The molecular formula is C13H17NO2. The Morgan fingerprint density at radius 3 is 2.62 bits per heavy atom. The molecule has 1 aliphatic rings. The van der Waals surface area contributed by atoms with Crippen LogP contribution in [-0.4, -0.2) is 22.7 Å². The van der Waals surface area contributed by atoms with E-state index in [9.17, 15) is 10.0 Å². The maximum absolute atomic E-state index is 12.0. The minimum atomic E-state index is -0.272. The summed E-state index contributed by atoms with van der Waals surface area (Å²) in [4.78, 5) is 12.0. The van der Waals surface area contributed by atoms with E-state index in [-0.39, 0.29) is 11.3 Å². The zero-order chi connectivity index (χ0) is 11.9. The molecule has 1 aliphatic heterocycles. The fourth-order valence-electron chi connectivity index (χ4n) is 2.14. The smallest absolute Gasteiger partial charge is 0.277 e. The van der Waals surface area contributed by atoms with Crippen molar-refractivity contribution in [3.05, 3.63) is 34.9 Å². The van der Waals surface area contributed by atoms with Crippen LogP contribution in [0.2, 0.25) is 0 Å². The number of nitrogens with zero attached hydrogens (tertiary/aromatic N) is 1. The Morgan fingerprint density at radius 2 is 2.00 bits per heavy atom. The van der Waals surface area contributed by atoms with Gasteiger partial charge in [0, 0.05) is 5.56 Å². The van der Waals surface area contributed by atoms with Gasteiger partial charge in [0.2, 0.25) is 0 Å². The molecule has 3 heteroatoms. The van der Waals surface area contributed by atoms with Crippen LogP contribution in [-0.2, 0) is 11.8 Å². The van der Waals surface area contributed by atoms with Gasteiger partial charge < -0.3 is 0 Å². The van der Waals surface area contributed by atoms with Crippen molar-refractivity contribution in [2.24, 2.45) is 0 Å². The topological polar surface area (TPSA) is 40.5 Å². The molecule has 0 aliphatic carbocycles. The third-order valence-corrected chi connectivity index (χ3v) is 3.00. The van der Waals surface area contributed by atoms with Crippen molar-refractivity contribution >= 4 is 5.91 Å². The molecule has 1 N–H and O–H groups in total. The second-order valence-electron chi connectivity index (χ2n) is 5.27. The average molecular weight is 219 g/mol. The van der Waals surface area contributed by atoms with Crippen LogP contribution in [0.25, 0.3) is 0 Å². The Hall–Kier alpha value is -1.35.